The first-order valence-corrected chi connectivity index (χ1v) is 11.6. The van der Waals surface area contributed by atoms with E-state index in [1.54, 1.807) is 6.07 Å². The molecule has 0 bridgehead atoms. The molecule has 0 radical (unpaired) electrons. The summed E-state index contributed by atoms with van der Waals surface area (Å²) in [5.41, 5.74) is 0.658. The predicted molar refractivity (Wildman–Crippen MR) is 116 cm³/mol. The lowest BCUT2D eigenvalue weighted by atomic mass is 10.1. The second kappa shape index (κ2) is 9.33. The van der Waals surface area contributed by atoms with Crippen LogP contribution in [0.25, 0.3) is 0 Å². The molecule has 0 aliphatic heterocycles. The fourth-order valence-corrected chi connectivity index (χ4v) is 4.57. The number of amides is 2. The minimum Gasteiger partial charge on any atom is -0.334 e. The first-order chi connectivity index (χ1) is 14.6. The molecule has 166 valence electrons. The Morgan fingerprint density at radius 2 is 1.84 bits per heavy atom. The van der Waals surface area contributed by atoms with Crippen molar-refractivity contribution in [1.82, 2.24) is 9.62 Å². The Kier molecular flexibility index (Phi) is 6.98. The number of halogens is 2. The van der Waals surface area contributed by atoms with E-state index in [-0.39, 0.29) is 34.0 Å². The highest BCUT2D eigenvalue weighted by Gasteiger charge is 2.36. The van der Waals surface area contributed by atoms with E-state index in [9.17, 15) is 22.4 Å². The Morgan fingerprint density at radius 3 is 2.39 bits per heavy atom. The molecular weight excluding hydrogens is 445 g/mol. The summed E-state index contributed by atoms with van der Waals surface area (Å²) in [6, 6.07) is 8.75. The van der Waals surface area contributed by atoms with Crippen LogP contribution in [-0.4, -0.2) is 37.2 Å². The molecule has 0 aromatic heterocycles. The van der Waals surface area contributed by atoms with E-state index in [4.69, 9.17) is 11.6 Å². The van der Waals surface area contributed by atoms with Gasteiger partial charge in [-0.25, -0.2) is 12.8 Å². The van der Waals surface area contributed by atoms with E-state index in [1.165, 1.54) is 55.1 Å². The second-order valence-electron chi connectivity index (χ2n) is 7.45. The highest BCUT2D eigenvalue weighted by atomic mass is 35.5. The lowest BCUT2D eigenvalue weighted by Crippen LogP contribution is -2.47. The fourth-order valence-electron chi connectivity index (χ4n) is 3.15. The van der Waals surface area contributed by atoms with Gasteiger partial charge < -0.3 is 10.2 Å². The van der Waals surface area contributed by atoms with Gasteiger partial charge in [0.1, 0.15) is 5.82 Å². The van der Waals surface area contributed by atoms with Gasteiger partial charge in [0.2, 0.25) is 21.8 Å². The van der Waals surface area contributed by atoms with Gasteiger partial charge in [0.05, 0.1) is 17.5 Å². The average molecular weight is 468 g/mol. The zero-order valence-electron chi connectivity index (χ0n) is 17.1. The largest absolute Gasteiger partial charge is 0.334 e. The number of anilines is 1. The molecule has 0 heterocycles. The summed E-state index contributed by atoms with van der Waals surface area (Å²) in [6.07, 6.45) is 1.53. The SMILES string of the molecule is CC(=O)Nc1ccc(S(=O)(=O)N[C@@H](C)C(=O)N(Cc2c(F)cccc2Cl)C2CC2)cc1. The maximum atomic E-state index is 14.2. The number of nitrogens with one attached hydrogen (secondary N) is 2. The van der Waals surface area contributed by atoms with Crippen molar-refractivity contribution in [2.24, 2.45) is 0 Å². The molecule has 2 amide bonds. The monoisotopic (exact) mass is 467 g/mol. The second-order valence-corrected chi connectivity index (χ2v) is 9.57. The summed E-state index contributed by atoms with van der Waals surface area (Å²) in [5, 5.41) is 2.77. The molecule has 0 unspecified atom stereocenters. The molecule has 0 saturated heterocycles. The van der Waals surface area contributed by atoms with E-state index in [1.807, 2.05) is 0 Å². The van der Waals surface area contributed by atoms with E-state index in [0.717, 1.165) is 12.8 Å². The molecule has 2 aromatic carbocycles. The van der Waals surface area contributed by atoms with E-state index >= 15 is 0 Å². The van der Waals surface area contributed by atoms with Gasteiger partial charge in [0, 0.05) is 29.2 Å². The summed E-state index contributed by atoms with van der Waals surface area (Å²) in [6.45, 7) is 2.76. The van der Waals surface area contributed by atoms with Crippen molar-refractivity contribution in [3.63, 3.8) is 0 Å². The van der Waals surface area contributed by atoms with E-state index < -0.39 is 27.8 Å². The molecule has 0 spiro atoms. The highest BCUT2D eigenvalue weighted by molar-refractivity contribution is 7.89. The van der Waals surface area contributed by atoms with Crippen LogP contribution in [0.1, 0.15) is 32.3 Å². The van der Waals surface area contributed by atoms with Gasteiger partial charge in [-0.15, -0.1) is 0 Å². The summed E-state index contributed by atoms with van der Waals surface area (Å²) in [5.74, 6) is -1.25. The molecule has 3 rings (SSSR count). The molecule has 1 atom stereocenters. The van der Waals surface area contributed by atoms with Crippen molar-refractivity contribution in [1.29, 1.82) is 0 Å². The zero-order valence-corrected chi connectivity index (χ0v) is 18.6. The number of benzene rings is 2. The first-order valence-electron chi connectivity index (χ1n) is 9.72. The third kappa shape index (κ3) is 5.81. The predicted octanol–water partition coefficient (Wildman–Crippen LogP) is 3.30. The molecule has 2 aromatic rings. The van der Waals surface area contributed by atoms with Crippen molar-refractivity contribution in [2.45, 2.75) is 50.2 Å². The third-order valence-electron chi connectivity index (χ3n) is 4.85. The van der Waals surface area contributed by atoms with Crippen molar-refractivity contribution in [3.05, 3.63) is 58.9 Å². The van der Waals surface area contributed by atoms with Crippen LogP contribution in [0, 0.1) is 5.82 Å². The summed E-state index contributed by atoms with van der Waals surface area (Å²) in [4.78, 5) is 25.5. The van der Waals surface area contributed by atoms with Crippen molar-refractivity contribution >= 4 is 39.1 Å². The smallest absolute Gasteiger partial charge is 0.241 e. The fraction of sp³-hybridized carbons (Fsp3) is 0.333. The van der Waals surface area contributed by atoms with Gasteiger partial charge in [-0.2, -0.15) is 4.72 Å². The van der Waals surface area contributed by atoms with Crippen LogP contribution >= 0.6 is 11.6 Å². The first kappa shape index (κ1) is 23.2. The van der Waals surface area contributed by atoms with Gasteiger partial charge in [-0.3, -0.25) is 9.59 Å². The van der Waals surface area contributed by atoms with Crippen LogP contribution in [-0.2, 0) is 26.2 Å². The number of hydrogen-bond acceptors (Lipinski definition) is 4. The molecular formula is C21H23ClFN3O4S. The maximum absolute atomic E-state index is 14.2. The lowest BCUT2D eigenvalue weighted by molar-refractivity contribution is -0.133. The van der Waals surface area contributed by atoms with E-state index in [2.05, 4.69) is 10.0 Å². The molecule has 1 aliphatic rings. The van der Waals surface area contributed by atoms with Crippen LogP contribution in [0.4, 0.5) is 10.1 Å². The van der Waals surface area contributed by atoms with Gasteiger partial charge in [-0.05, 0) is 56.2 Å². The summed E-state index contributed by atoms with van der Waals surface area (Å²) >= 11 is 6.10. The number of hydrogen-bond donors (Lipinski definition) is 2. The topological polar surface area (TPSA) is 95.6 Å². The van der Waals surface area contributed by atoms with Crippen molar-refractivity contribution in [3.8, 4) is 0 Å². The quantitative estimate of drug-likeness (QED) is 0.622. The van der Waals surface area contributed by atoms with Gasteiger partial charge in [0.25, 0.3) is 0 Å². The Labute approximate surface area is 185 Å². The lowest BCUT2D eigenvalue weighted by Gasteiger charge is -2.27. The zero-order chi connectivity index (χ0) is 22.8. The number of sulfonamides is 1. The Balaban J connectivity index is 1.73. The Bertz CT molecular complexity index is 1070. The molecule has 1 fully saturated rings. The third-order valence-corrected chi connectivity index (χ3v) is 6.76. The van der Waals surface area contributed by atoms with Crippen LogP contribution in [0.2, 0.25) is 5.02 Å². The van der Waals surface area contributed by atoms with E-state index in [0.29, 0.717) is 5.69 Å². The van der Waals surface area contributed by atoms with Gasteiger partial charge in [0.15, 0.2) is 0 Å². The molecule has 2 N–H and O–H groups in total. The van der Waals surface area contributed by atoms with Crippen LogP contribution in [0.15, 0.2) is 47.4 Å². The minimum atomic E-state index is -3.99. The summed E-state index contributed by atoms with van der Waals surface area (Å²) in [7, 11) is -3.99. The molecule has 1 saturated carbocycles. The van der Waals surface area contributed by atoms with Gasteiger partial charge >= 0.3 is 0 Å². The van der Waals surface area contributed by atoms with Crippen LogP contribution < -0.4 is 10.0 Å². The number of rotatable bonds is 8. The molecule has 1 aliphatic carbocycles. The minimum absolute atomic E-state index is 0.0352. The van der Waals surface area contributed by atoms with Crippen molar-refractivity contribution in [2.75, 3.05) is 5.32 Å². The number of carbonyl (C=O) groups is 2. The van der Waals surface area contributed by atoms with Crippen LogP contribution in [0.5, 0.6) is 0 Å². The highest BCUT2D eigenvalue weighted by Crippen LogP contribution is 2.31. The van der Waals surface area contributed by atoms with Crippen LogP contribution in [0.3, 0.4) is 0 Å². The van der Waals surface area contributed by atoms with Crippen molar-refractivity contribution < 1.29 is 22.4 Å². The van der Waals surface area contributed by atoms with Gasteiger partial charge in [-0.1, -0.05) is 17.7 Å². The Hall–Kier alpha value is -2.49. The maximum Gasteiger partial charge on any atom is 0.241 e. The standard InChI is InChI=1S/C21H23ClFN3O4S/c1-13(25-31(29,30)17-10-6-15(7-11-17)24-14(2)27)21(28)26(16-8-9-16)12-18-19(22)4-3-5-20(18)23/h3-7,10-11,13,16,25H,8-9,12H2,1-2H3,(H,24,27)/t13-/m0/s1. The Morgan fingerprint density at radius 1 is 1.19 bits per heavy atom. The molecule has 10 heteroatoms. The molecule has 31 heavy (non-hydrogen) atoms. The normalized spacial score (nSPS) is 14.7. The number of nitrogens with zero attached hydrogens (tertiary/aromatic N) is 1. The summed E-state index contributed by atoms with van der Waals surface area (Å²) < 4.78 is 42.0. The number of carbonyl (C=O) groups excluding carboxylic acids is 2. The molecule has 7 nitrogen and oxygen atoms in total. The average Bonchev–Trinajstić information content (AvgIpc) is 3.52.